The van der Waals surface area contributed by atoms with Crippen LogP contribution in [0.15, 0.2) is 21.5 Å². The van der Waals surface area contributed by atoms with Gasteiger partial charge in [0.25, 0.3) is 0 Å². The van der Waals surface area contributed by atoms with Gasteiger partial charge in [0, 0.05) is 25.9 Å². The molecule has 0 heterocycles. The molecule has 1 rings (SSSR count). The van der Waals surface area contributed by atoms with Gasteiger partial charge >= 0.3 is 0 Å². The van der Waals surface area contributed by atoms with Gasteiger partial charge in [0.05, 0.1) is 4.47 Å². The summed E-state index contributed by atoms with van der Waals surface area (Å²) in [4.78, 5) is -0.469. The highest BCUT2D eigenvalue weighted by atomic mass is 79.9. The molecule has 108 valence electrons. The highest BCUT2D eigenvalue weighted by molar-refractivity contribution is 9.10. The molecule has 19 heavy (non-hydrogen) atoms. The van der Waals surface area contributed by atoms with E-state index in [1.165, 1.54) is 13.2 Å². The minimum Gasteiger partial charge on any atom is -0.399 e. The van der Waals surface area contributed by atoms with Gasteiger partial charge in [-0.1, -0.05) is 6.92 Å². The van der Waals surface area contributed by atoms with E-state index in [1.807, 2.05) is 6.92 Å². The number of sulfonamides is 1. The zero-order chi connectivity index (χ0) is 14.6. The van der Waals surface area contributed by atoms with Crippen molar-refractivity contribution in [1.29, 1.82) is 0 Å². The van der Waals surface area contributed by atoms with E-state index in [0.29, 0.717) is 6.61 Å². The van der Waals surface area contributed by atoms with Crippen LogP contribution in [0.25, 0.3) is 0 Å². The van der Waals surface area contributed by atoms with Gasteiger partial charge in [0.1, 0.15) is 4.90 Å². The lowest BCUT2D eigenvalue weighted by molar-refractivity contribution is 0.161. The number of nitrogen functional groups attached to an aromatic ring is 1. The summed E-state index contributed by atoms with van der Waals surface area (Å²) in [7, 11) is -2.41. The maximum atomic E-state index is 13.8. The van der Waals surface area contributed by atoms with Gasteiger partial charge in [-0.05, 0) is 34.0 Å². The fourth-order valence-corrected chi connectivity index (χ4v) is 3.36. The van der Waals surface area contributed by atoms with Crippen LogP contribution in [0.4, 0.5) is 10.1 Å². The molecule has 3 N–H and O–H groups in total. The Bertz CT molecular complexity index is 551. The average Bonchev–Trinajstić information content (AvgIpc) is 2.31. The van der Waals surface area contributed by atoms with Crippen molar-refractivity contribution in [1.82, 2.24) is 4.72 Å². The SMILES string of the molecule is COCC(C)CNS(=O)(=O)c1cc(N)cc(Br)c1F. The highest BCUT2D eigenvalue weighted by Gasteiger charge is 2.22. The zero-order valence-corrected chi connectivity index (χ0v) is 13.0. The van der Waals surface area contributed by atoms with E-state index >= 15 is 0 Å². The van der Waals surface area contributed by atoms with Crippen LogP contribution in [0.5, 0.6) is 0 Å². The molecule has 0 aliphatic heterocycles. The van der Waals surface area contributed by atoms with E-state index in [-0.39, 0.29) is 22.6 Å². The van der Waals surface area contributed by atoms with Crippen LogP contribution >= 0.6 is 15.9 Å². The van der Waals surface area contributed by atoms with Gasteiger partial charge in [0.15, 0.2) is 5.82 Å². The second-order valence-electron chi connectivity index (χ2n) is 4.23. The average molecular weight is 355 g/mol. The maximum Gasteiger partial charge on any atom is 0.243 e. The largest absolute Gasteiger partial charge is 0.399 e. The lowest BCUT2D eigenvalue weighted by Gasteiger charge is -2.13. The molecule has 0 spiro atoms. The molecule has 1 aromatic carbocycles. The van der Waals surface area contributed by atoms with E-state index in [2.05, 4.69) is 20.7 Å². The van der Waals surface area contributed by atoms with Crippen molar-refractivity contribution < 1.29 is 17.5 Å². The Morgan fingerprint density at radius 1 is 1.53 bits per heavy atom. The standard InChI is InChI=1S/C11H16BrFN2O3S/c1-7(6-18-2)5-15-19(16,17)10-4-8(14)3-9(12)11(10)13/h3-4,7,15H,5-6,14H2,1-2H3. The summed E-state index contributed by atoms with van der Waals surface area (Å²) in [6.45, 7) is 2.38. The smallest absolute Gasteiger partial charge is 0.243 e. The Morgan fingerprint density at radius 2 is 2.16 bits per heavy atom. The molecule has 0 radical (unpaired) electrons. The van der Waals surface area contributed by atoms with Crippen molar-refractivity contribution in [3.63, 3.8) is 0 Å². The first-order chi connectivity index (χ1) is 8.77. The second-order valence-corrected chi connectivity index (χ2v) is 6.82. The number of nitrogens with one attached hydrogen (secondary N) is 1. The Hall–Kier alpha value is -0.700. The molecule has 1 unspecified atom stereocenters. The second kappa shape index (κ2) is 6.65. The first kappa shape index (κ1) is 16.4. The number of benzene rings is 1. The summed E-state index contributed by atoms with van der Waals surface area (Å²) in [6.07, 6.45) is 0. The van der Waals surface area contributed by atoms with Crippen molar-refractivity contribution in [3.05, 3.63) is 22.4 Å². The number of rotatable bonds is 6. The van der Waals surface area contributed by atoms with Crippen molar-refractivity contribution >= 4 is 31.6 Å². The van der Waals surface area contributed by atoms with E-state index in [4.69, 9.17) is 10.5 Å². The summed E-state index contributed by atoms with van der Waals surface area (Å²) in [5.74, 6) is -0.881. The third-order valence-electron chi connectivity index (χ3n) is 2.38. The fourth-order valence-electron chi connectivity index (χ4n) is 1.45. The fraction of sp³-hybridized carbons (Fsp3) is 0.455. The number of anilines is 1. The first-order valence-electron chi connectivity index (χ1n) is 5.51. The Kier molecular flexibility index (Phi) is 5.72. The van der Waals surface area contributed by atoms with Gasteiger partial charge < -0.3 is 10.5 Å². The number of methoxy groups -OCH3 is 1. The third-order valence-corrected chi connectivity index (χ3v) is 4.38. The van der Waals surface area contributed by atoms with Crippen molar-refractivity contribution in [3.8, 4) is 0 Å². The molecule has 0 aliphatic carbocycles. The molecule has 0 aromatic heterocycles. The summed E-state index contributed by atoms with van der Waals surface area (Å²) in [5.41, 5.74) is 5.69. The van der Waals surface area contributed by atoms with Crippen LogP contribution in [0, 0.1) is 11.7 Å². The lowest BCUT2D eigenvalue weighted by atomic mass is 10.2. The predicted molar refractivity (Wildman–Crippen MR) is 74.7 cm³/mol. The molecule has 0 aliphatic rings. The van der Waals surface area contributed by atoms with E-state index in [1.54, 1.807) is 0 Å². The normalized spacial score (nSPS) is 13.5. The Balaban J connectivity index is 2.95. The van der Waals surface area contributed by atoms with Crippen LogP contribution in [0.1, 0.15) is 6.92 Å². The minimum absolute atomic E-state index is 0.0119. The first-order valence-corrected chi connectivity index (χ1v) is 7.78. The summed E-state index contributed by atoms with van der Waals surface area (Å²) >= 11 is 2.93. The molecule has 8 heteroatoms. The van der Waals surface area contributed by atoms with Crippen LogP contribution in [0.2, 0.25) is 0 Å². The minimum atomic E-state index is -3.94. The van der Waals surface area contributed by atoms with Gasteiger partial charge in [-0.15, -0.1) is 0 Å². The molecule has 0 amide bonds. The van der Waals surface area contributed by atoms with Gasteiger partial charge in [-0.3, -0.25) is 0 Å². The van der Waals surface area contributed by atoms with Crippen molar-refractivity contribution in [2.24, 2.45) is 5.92 Å². The molecular weight excluding hydrogens is 339 g/mol. The summed E-state index contributed by atoms with van der Waals surface area (Å²) < 4.78 is 45.0. The molecule has 1 aromatic rings. The number of ether oxygens (including phenoxy) is 1. The topological polar surface area (TPSA) is 81.4 Å². The van der Waals surface area contributed by atoms with Crippen LogP contribution < -0.4 is 10.5 Å². The van der Waals surface area contributed by atoms with E-state index in [0.717, 1.165) is 6.07 Å². The van der Waals surface area contributed by atoms with Crippen LogP contribution in [-0.2, 0) is 14.8 Å². The van der Waals surface area contributed by atoms with Crippen molar-refractivity contribution in [2.75, 3.05) is 26.0 Å². The van der Waals surface area contributed by atoms with Gasteiger partial charge in [-0.25, -0.2) is 17.5 Å². The van der Waals surface area contributed by atoms with Crippen LogP contribution in [0.3, 0.4) is 0 Å². The molecule has 1 atom stereocenters. The zero-order valence-electron chi connectivity index (χ0n) is 10.6. The molecular formula is C11H16BrFN2O3S. The summed E-state index contributed by atoms with van der Waals surface area (Å²) in [6, 6.07) is 2.39. The van der Waals surface area contributed by atoms with Gasteiger partial charge in [-0.2, -0.15) is 0 Å². The quantitative estimate of drug-likeness (QED) is 0.762. The molecule has 0 bridgehead atoms. The Labute approximate surface area is 120 Å². The predicted octanol–water partition coefficient (Wildman–Crippen LogP) is 1.73. The monoisotopic (exact) mass is 354 g/mol. The molecule has 0 fully saturated rings. The number of hydrogen-bond donors (Lipinski definition) is 2. The maximum absolute atomic E-state index is 13.8. The number of nitrogens with two attached hydrogens (primary N) is 1. The third kappa shape index (κ3) is 4.41. The highest BCUT2D eigenvalue weighted by Crippen LogP contribution is 2.25. The van der Waals surface area contributed by atoms with E-state index < -0.39 is 20.7 Å². The Morgan fingerprint density at radius 3 is 2.74 bits per heavy atom. The number of hydrogen-bond acceptors (Lipinski definition) is 4. The van der Waals surface area contributed by atoms with Crippen LogP contribution in [-0.4, -0.2) is 28.7 Å². The number of halogens is 2. The molecule has 0 saturated carbocycles. The molecule has 5 nitrogen and oxygen atoms in total. The summed E-state index contributed by atoms with van der Waals surface area (Å²) in [5, 5.41) is 0. The van der Waals surface area contributed by atoms with E-state index in [9.17, 15) is 12.8 Å². The van der Waals surface area contributed by atoms with Gasteiger partial charge in [0.2, 0.25) is 10.0 Å². The molecule has 0 saturated heterocycles. The van der Waals surface area contributed by atoms with Crippen molar-refractivity contribution in [2.45, 2.75) is 11.8 Å². The lowest BCUT2D eigenvalue weighted by Crippen LogP contribution is -2.30.